The van der Waals surface area contributed by atoms with E-state index in [4.69, 9.17) is 9.97 Å². The van der Waals surface area contributed by atoms with Crippen molar-refractivity contribution in [3.05, 3.63) is 253 Å². The summed E-state index contributed by atoms with van der Waals surface area (Å²) in [6.07, 6.45) is 0. The summed E-state index contributed by atoms with van der Waals surface area (Å²) in [5.41, 5.74) is 20.7. The highest BCUT2D eigenvalue weighted by atomic mass is 15.2. The second-order valence-electron chi connectivity index (χ2n) is 19.1. The number of fused-ring (bicyclic) bond motifs is 4. The zero-order valence-corrected chi connectivity index (χ0v) is 38.7. The van der Waals surface area contributed by atoms with Crippen molar-refractivity contribution < 1.29 is 0 Å². The van der Waals surface area contributed by atoms with E-state index in [0.29, 0.717) is 5.82 Å². The van der Waals surface area contributed by atoms with Crippen LogP contribution >= 0.6 is 0 Å². The van der Waals surface area contributed by atoms with Crippen LogP contribution in [-0.2, 0) is 10.8 Å². The molecule has 9 aromatic carbocycles. The minimum Gasteiger partial charge on any atom is -0.310 e. The van der Waals surface area contributed by atoms with Crippen molar-refractivity contribution >= 4 is 34.1 Å². The molecule has 68 heavy (non-hydrogen) atoms. The van der Waals surface area contributed by atoms with Crippen molar-refractivity contribution in [2.24, 2.45) is 0 Å². The average Bonchev–Trinajstić information content (AvgIpc) is 3.39. The van der Waals surface area contributed by atoms with E-state index in [9.17, 15) is 0 Å². The smallest absolute Gasteiger partial charge is 0.160 e. The first-order valence-electron chi connectivity index (χ1n) is 23.6. The number of nitrogens with zero attached hydrogens (tertiary/aromatic N) is 4. The van der Waals surface area contributed by atoms with E-state index in [1.807, 2.05) is 0 Å². The standard InChI is InChI=1S/C64H50N4/c1-63(2)52-29-11-15-33-58(52)67(59-34-16-12-30-53(59)63)50-39-49(40-51(41-50)68-60-35-17-13-31-54(60)64(3,4)55-32-14-18-36-61(55)68)57-42-56(47-27-19-25-45(37-47)43-21-7-5-8-22-43)65-62(66-57)48-28-20-26-46(38-48)44-23-9-6-10-24-44/h5-42H,1-4H3. The minimum atomic E-state index is -0.209. The molecule has 0 saturated heterocycles. The SMILES string of the molecule is CC1(C)c2ccccc2N(c2cc(-c3cc(-c4cccc(-c5ccccc5)c4)nc(-c4cccc(-c5ccccc5)c4)n3)cc(N3c4ccccc4C(C)(C)c4ccccc43)c2)c2ccccc21. The molecule has 4 heteroatoms. The number of hydrogen-bond donors (Lipinski definition) is 0. The molecule has 0 atom stereocenters. The van der Waals surface area contributed by atoms with Crippen LogP contribution in [0.3, 0.4) is 0 Å². The second kappa shape index (κ2) is 16.2. The molecule has 0 unspecified atom stereocenters. The van der Waals surface area contributed by atoms with Crippen LogP contribution in [-0.4, -0.2) is 9.97 Å². The van der Waals surface area contributed by atoms with Crippen LogP contribution in [0.15, 0.2) is 231 Å². The van der Waals surface area contributed by atoms with Gasteiger partial charge in [-0.25, -0.2) is 9.97 Å². The lowest BCUT2D eigenvalue weighted by atomic mass is 9.73. The maximum Gasteiger partial charge on any atom is 0.160 e. The van der Waals surface area contributed by atoms with Crippen LogP contribution in [0.1, 0.15) is 49.9 Å². The topological polar surface area (TPSA) is 32.3 Å². The lowest BCUT2D eigenvalue weighted by molar-refractivity contribution is 0.631. The van der Waals surface area contributed by atoms with Crippen molar-refractivity contribution in [1.29, 1.82) is 0 Å². The first kappa shape index (κ1) is 41.1. The molecule has 4 nitrogen and oxygen atoms in total. The van der Waals surface area contributed by atoms with Gasteiger partial charge in [-0.05, 0) is 105 Å². The molecule has 0 spiro atoms. The molecular weight excluding hydrogens is 825 g/mol. The summed E-state index contributed by atoms with van der Waals surface area (Å²) in [5.74, 6) is 0.665. The van der Waals surface area contributed by atoms with E-state index >= 15 is 0 Å². The number of hydrogen-bond acceptors (Lipinski definition) is 4. The summed E-state index contributed by atoms with van der Waals surface area (Å²) < 4.78 is 0. The molecule has 10 aromatic rings. The van der Waals surface area contributed by atoms with Crippen molar-refractivity contribution in [3.63, 3.8) is 0 Å². The lowest BCUT2D eigenvalue weighted by Gasteiger charge is -2.43. The fourth-order valence-electron chi connectivity index (χ4n) is 10.7. The van der Waals surface area contributed by atoms with Crippen LogP contribution in [0.2, 0.25) is 0 Å². The Hall–Kier alpha value is -8.34. The molecule has 0 saturated carbocycles. The van der Waals surface area contributed by atoms with Gasteiger partial charge in [-0.1, -0.05) is 198 Å². The molecule has 0 amide bonds. The molecule has 1 aromatic heterocycles. The summed E-state index contributed by atoms with van der Waals surface area (Å²) >= 11 is 0. The predicted octanol–water partition coefficient (Wildman–Crippen LogP) is 17.0. The molecule has 0 aliphatic carbocycles. The number of rotatable bonds is 7. The van der Waals surface area contributed by atoms with E-state index in [-0.39, 0.29) is 10.8 Å². The van der Waals surface area contributed by atoms with Crippen LogP contribution in [0.25, 0.3) is 56.2 Å². The van der Waals surface area contributed by atoms with Gasteiger partial charge < -0.3 is 9.80 Å². The Balaban J connectivity index is 1.13. The zero-order valence-electron chi connectivity index (χ0n) is 38.7. The normalized spacial score (nSPS) is 14.1. The quantitative estimate of drug-likeness (QED) is 0.160. The largest absolute Gasteiger partial charge is 0.310 e. The fourth-order valence-corrected chi connectivity index (χ4v) is 10.7. The van der Waals surface area contributed by atoms with E-state index in [1.54, 1.807) is 0 Å². The zero-order chi connectivity index (χ0) is 46.0. The molecule has 326 valence electrons. The first-order valence-corrected chi connectivity index (χ1v) is 23.6. The summed E-state index contributed by atoms with van der Waals surface area (Å²) in [7, 11) is 0. The van der Waals surface area contributed by atoms with Gasteiger partial charge in [0, 0.05) is 38.9 Å². The van der Waals surface area contributed by atoms with Crippen molar-refractivity contribution in [1.82, 2.24) is 9.97 Å². The van der Waals surface area contributed by atoms with Gasteiger partial charge >= 0.3 is 0 Å². The van der Waals surface area contributed by atoms with E-state index in [2.05, 4.69) is 268 Å². The predicted molar refractivity (Wildman–Crippen MR) is 283 cm³/mol. The summed E-state index contributed by atoms with van der Waals surface area (Å²) in [6, 6.07) is 83.2. The molecule has 0 fully saturated rings. The maximum atomic E-state index is 5.56. The Kier molecular flexibility index (Phi) is 9.81. The first-order chi connectivity index (χ1) is 33.2. The molecular formula is C64H50N4. The van der Waals surface area contributed by atoms with Gasteiger partial charge in [-0.3, -0.25) is 0 Å². The molecule has 12 rings (SSSR count). The van der Waals surface area contributed by atoms with Gasteiger partial charge in [-0.2, -0.15) is 0 Å². The Morgan fingerprint density at radius 2 is 0.618 bits per heavy atom. The fraction of sp³-hybridized carbons (Fsp3) is 0.0938. The van der Waals surface area contributed by atoms with Crippen molar-refractivity contribution in [2.75, 3.05) is 9.80 Å². The van der Waals surface area contributed by atoms with Gasteiger partial charge in [0.1, 0.15) is 0 Å². The highest BCUT2D eigenvalue weighted by Gasteiger charge is 2.39. The number of anilines is 6. The van der Waals surface area contributed by atoms with Crippen LogP contribution < -0.4 is 9.80 Å². The van der Waals surface area contributed by atoms with Gasteiger partial charge in [-0.15, -0.1) is 0 Å². The lowest BCUT2D eigenvalue weighted by Crippen LogP contribution is -2.31. The van der Waals surface area contributed by atoms with Crippen molar-refractivity contribution in [3.8, 4) is 56.2 Å². The summed E-state index contributed by atoms with van der Waals surface area (Å²) in [6.45, 7) is 9.38. The molecule has 0 N–H and O–H groups in total. The van der Waals surface area contributed by atoms with Crippen molar-refractivity contribution in [2.45, 2.75) is 38.5 Å². The summed E-state index contributed by atoms with van der Waals surface area (Å²) in [5, 5.41) is 0. The second-order valence-corrected chi connectivity index (χ2v) is 19.1. The van der Waals surface area contributed by atoms with Gasteiger partial charge in [0.25, 0.3) is 0 Å². The van der Waals surface area contributed by atoms with Crippen LogP contribution in [0.4, 0.5) is 34.1 Å². The molecule has 3 heterocycles. The molecule has 0 bridgehead atoms. The maximum absolute atomic E-state index is 5.56. The highest BCUT2D eigenvalue weighted by molar-refractivity contribution is 5.93. The van der Waals surface area contributed by atoms with Gasteiger partial charge in [0.05, 0.1) is 34.1 Å². The summed E-state index contributed by atoms with van der Waals surface area (Å²) in [4.78, 5) is 15.9. The molecule has 2 aliphatic rings. The third kappa shape index (κ3) is 6.91. The van der Waals surface area contributed by atoms with Gasteiger partial charge in [0.2, 0.25) is 0 Å². The van der Waals surface area contributed by atoms with Crippen LogP contribution in [0.5, 0.6) is 0 Å². The average molecular weight is 875 g/mol. The highest BCUT2D eigenvalue weighted by Crippen LogP contribution is 2.55. The number of benzene rings is 9. The monoisotopic (exact) mass is 874 g/mol. The van der Waals surface area contributed by atoms with E-state index in [1.165, 1.54) is 45.0 Å². The van der Waals surface area contributed by atoms with E-state index in [0.717, 1.165) is 61.7 Å². The Morgan fingerprint density at radius 1 is 0.279 bits per heavy atom. The Labute approximate surface area is 399 Å². The van der Waals surface area contributed by atoms with Gasteiger partial charge in [0.15, 0.2) is 5.82 Å². The Morgan fingerprint density at radius 3 is 1.06 bits per heavy atom. The number of para-hydroxylation sites is 4. The Bertz CT molecular complexity index is 3210. The molecule has 2 aliphatic heterocycles. The number of aromatic nitrogens is 2. The van der Waals surface area contributed by atoms with Crippen LogP contribution in [0, 0.1) is 0 Å². The third-order valence-corrected chi connectivity index (χ3v) is 14.2. The molecule has 0 radical (unpaired) electrons. The minimum absolute atomic E-state index is 0.209. The third-order valence-electron chi connectivity index (χ3n) is 14.2. The van der Waals surface area contributed by atoms with E-state index < -0.39 is 0 Å².